The minimum absolute atomic E-state index is 0.0440. The van der Waals surface area contributed by atoms with E-state index in [1.165, 1.54) is 28.3 Å². The highest BCUT2D eigenvalue weighted by Gasteiger charge is 2.20. The lowest BCUT2D eigenvalue weighted by molar-refractivity contribution is 0.102. The van der Waals surface area contributed by atoms with Crippen LogP contribution in [-0.4, -0.2) is 20.7 Å². The van der Waals surface area contributed by atoms with Crippen molar-refractivity contribution in [2.75, 3.05) is 5.32 Å². The molecule has 152 valence electrons. The molecule has 0 unspecified atom stereocenters. The van der Waals surface area contributed by atoms with Crippen LogP contribution in [0, 0.1) is 11.6 Å². The molecule has 1 amide bonds. The standard InChI is InChI=1S/C21H16F2N4O2S/c1-27-9-18(20(26-27)17-6-5-13(22)7-19(17)23)21(28)25-14-3-2-4-16(8-14)29-10-15-11-30-12-24-15/h2-9,11-12H,10H2,1H3,(H,25,28). The minimum atomic E-state index is -0.791. The van der Waals surface area contributed by atoms with Crippen molar-refractivity contribution in [2.24, 2.45) is 7.05 Å². The number of nitrogens with one attached hydrogen (secondary N) is 1. The molecule has 2 heterocycles. The highest BCUT2D eigenvalue weighted by Crippen LogP contribution is 2.27. The summed E-state index contributed by atoms with van der Waals surface area (Å²) < 4.78 is 34.6. The quantitative estimate of drug-likeness (QED) is 0.487. The number of rotatable bonds is 6. The first-order valence-corrected chi connectivity index (χ1v) is 9.84. The zero-order valence-electron chi connectivity index (χ0n) is 15.8. The van der Waals surface area contributed by atoms with Gasteiger partial charge in [-0.25, -0.2) is 13.8 Å². The molecule has 0 saturated heterocycles. The fraction of sp³-hybridized carbons (Fsp3) is 0.0952. The van der Waals surface area contributed by atoms with E-state index in [0.29, 0.717) is 18.0 Å². The molecule has 0 aliphatic carbocycles. The smallest absolute Gasteiger partial charge is 0.259 e. The van der Waals surface area contributed by atoms with Gasteiger partial charge in [0.25, 0.3) is 5.91 Å². The van der Waals surface area contributed by atoms with Crippen LogP contribution in [0.3, 0.4) is 0 Å². The van der Waals surface area contributed by atoms with Crippen molar-refractivity contribution in [3.8, 4) is 17.0 Å². The Hall–Kier alpha value is -3.59. The first-order valence-electron chi connectivity index (χ1n) is 8.90. The molecule has 9 heteroatoms. The van der Waals surface area contributed by atoms with E-state index < -0.39 is 17.5 Å². The van der Waals surface area contributed by atoms with Crippen LogP contribution in [0.2, 0.25) is 0 Å². The lowest BCUT2D eigenvalue weighted by Gasteiger charge is -2.09. The fourth-order valence-electron chi connectivity index (χ4n) is 2.86. The van der Waals surface area contributed by atoms with Gasteiger partial charge < -0.3 is 10.1 Å². The van der Waals surface area contributed by atoms with E-state index in [2.05, 4.69) is 15.4 Å². The highest BCUT2D eigenvalue weighted by atomic mass is 32.1. The molecule has 30 heavy (non-hydrogen) atoms. The number of benzene rings is 2. The minimum Gasteiger partial charge on any atom is -0.487 e. The van der Waals surface area contributed by atoms with Gasteiger partial charge in [0.15, 0.2) is 0 Å². The monoisotopic (exact) mass is 426 g/mol. The van der Waals surface area contributed by atoms with E-state index in [-0.39, 0.29) is 16.8 Å². The molecule has 0 fully saturated rings. The van der Waals surface area contributed by atoms with Gasteiger partial charge in [0.1, 0.15) is 29.7 Å². The Balaban J connectivity index is 1.54. The molecule has 1 N–H and O–H groups in total. The van der Waals surface area contributed by atoms with Crippen LogP contribution in [0.5, 0.6) is 5.75 Å². The average molecular weight is 426 g/mol. The summed E-state index contributed by atoms with van der Waals surface area (Å²) in [6.07, 6.45) is 1.48. The van der Waals surface area contributed by atoms with Gasteiger partial charge >= 0.3 is 0 Å². The number of thiazole rings is 1. The number of halogens is 2. The Morgan fingerprint density at radius 1 is 1.23 bits per heavy atom. The second kappa shape index (κ2) is 8.42. The van der Waals surface area contributed by atoms with E-state index in [0.717, 1.165) is 17.8 Å². The third kappa shape index (κ3) is 4.36. The van der Waals surface area contributed by atoms with Crippen LogP contribution in [-0.2, 0) is 13.7 Å². The van der Waals surface area contributed by atoms with Gasteiger partial charge in [0.05, 0.1) is 16.8 Å². The number of carbonyl (C=O) groups is 1. The van der Waals surface area contributed by atoms with Gasteiger partial charge in [-0.05, 0) is 24.3 Å². The number of hydrogen-bond acceptors (Lipinski definition) is 5. The van der Waals surface area contributed by atoms with Crippen molar-refractivity contribution >= 4 is 22.9 Å². The summed E-state index contributed by atoms with van der Waals surface area (Å²) in [5.41, 5.74) is 3.38. The Morgan fingerprint density at radius 2 is 2.10 bits per heavy atom. The summed E-state index contributed by atoms with van der Waals surface area (Å²) in [5.74, 6) is -1.40. The predicted molar refractivity (Wildman–Crippen MR) is 109 cm³/mol. The largest absolute Gasteiger partial charge is 0.487 e. The molecule has 4 aromatic rings. The Morgan fingerprint density at radius 3 is 2.87 bits per heavy atom. The second-order valence-corrected chi connectivity index (χ2v) is 7.16. The van der Waals surface area contributed by atoms with Gasteiger partial charge in [-0.2, -0.15) is 5.10 Å². The normalized spacial score (nSPS) is 10.8. The van der Waals surface area contributed by atoms with Crippen molar-refractivity contribution in [1.82, 2.24) is 14.8 Å². The third-order valence-corrected chi connectivity index (χ3v) is 4.86. The van der Waals surface area contributed by atoms with Crippen molar-refractivity contribution in [3.05, 3.63) is 82.4 Å². The first-order chi connectivity index (χ1) is 14.5. The molecule has 0 aliphatic heterocycles. The Bertz CT molecular complexity index is 1190. The number of hydrogen-bond donors (Lipinski definition) is 1. The van der Waals surface area contributed by atoms with Crippen LogP contribution in [0.15, 0.2) is 59.6 Å². The van der Waals surface area contributed by atoms with Crippen molar-refractivity contribution < 1.29 is 18.3 Å². The summed E-state index contributed by atoms with van der Waals surface area (Å²) in [6.45, 7) is 0.317. The van der Waals surface area contributed by atoms with Gasteiger partial charge in [0, 0.05) is 42.0 Å². The maximum atomic E-state index is 14.2. The zero-order chi connectivity index (χ0) is 21.1. The average Bonchev–Trinajstić information content (AvgIpc) is 3.36. The molecular weight excluding hydrogens is 410 g/mol. The van der Waals surface area contributed by atoms with Crippen LogP contribution in [0.25, 0.3) is 11.3 Å². The third-order valence-electron chi connectivity index (χ3n) is 4.22. The number of ether oxygens (including phenoxy) is 1. The van der Waals surface area contributed by atoms with Gasteiger partial charge in [-0.3, -0.25) is 9.48 Å². The number of carbonyl (C=O) groups excluding carboxylic acids is 1. The summed E-state index contributed by atoms with van der Waals surface area (Å²) in [6, 6.07) is 10.0. The number of amides is 1. The zero-order valence-corrected chi connectivity index (χ0v) is 16.6. The Labute approximate surface area is 174 Å². The van der Waals surface area contributed by atoms with E-state index in [1.54, 1.807) is 36.8 Å². The number of aryl methyl sites for hydroxylation is 1. The van der Waals surface area contributed by atoms with Crippen LogP contribution in [0.4, 0.5) is 14.5 Å². The summed E-state index contributed by atoms with van der Waals surface area (Å²) in [5, 5.41) is 8.83. The summed E-state index contributed by atoms with van der Waals surface area (Å²) in [7, 11) is 1.62. The molecule has 0 atom stereocenters. The molecule has 0 radical (unpaired) electrons. The molecule has 6 nitrogen and oxygen atoms in total. The van der Waals surface area contributed by atoms with E-state index in [4.69, 9.17) is 4.74 Å². The molecule has 0 bridgehead atoms. The van der Waals surface area contributed by atoms with Gasteiger partial charge in [-0.1, -0.05) is 6.07 Å². The lowest BCUT2D eigenvalue weighted by Crippen LogP contribution is -2.12. The van der Waals surface area contributed by atoms with Gasteiger partial charge in [0.2, 0.25) is 0 Å². The SMILES string of the molecule is Cn1cc(C(=O)Nc2cccc(OCc3cscn3)c2)c(-c2ccc(F)cc2F)n1. The molecule has 2 aromatic heterocycles. The Kier molecular flexibility index (Phi) is 5.53. The molecular formula is C21H16F2N4O2S. The maximum absolute atomic E-state index is 14.2. The van der Waals surface area contributed by atoms with Crippen molar-refractivity contribution in [3.63, 3.8) is 0 Å². The molecule has 4 rings (SSSR count). The van der Waals surface area contributed by atoms with E-state index in [1.807, 2.05) is 5.38 Å². The summed E-state index contributed by atoms with van der Waals surface area (Å²) >= 11 is 1.48. The highest BCUT2D eigenvalue weighted by molar-refractivity contribution is 7.07. The van der Waals surface area contributed by atoms with Crippen LogP contribution < -0.4 is 10.1 Å². The fourth-order valence-corrected chi connectivity index (χ4v) is 3.41. The van der Waals surface area contributed by atoms with E-state index in [9.17, 15) is 13.6 Å². The van der Waals surface area contributed by atoms with Crippen LogP contribution >= 0.6 is 11.3 Å². The van der Waals surface area contributed by atoms with Gasteiger partial charge in [-0.15, -0.1) is 11.3 Å². The number of aromatic nitrogens is 3. The lowest BCUT2D eigenvalue weighted by atomic mass is 10.1. The topological polar surface area (TPSA) is 69.0 Å². The van der Waals surface area contributed by atoms with Crippen LogP contribution in [0.1, 0.15) is 16.1 Å². The van der Waals surface area contributed by atoms with Crippen molar-refractivity contribution in [1.29, 1.82) is 0 Å². The molecule has 0 aliphatic rings. The molecule has 0 saturated carbocycles. The molecule has 2 aromatic carbocycles. The molecule has 0 spiro atoms. The summed E-state index contributed by atoms with van der Waals surface area (Å²) in [4.78, 5) is 17.0. The predicted octanol–water partition coefficient (Wildman–Crippen LogP) is 4.65. The van der Waals surface area contributed by atoms with E-state index >= 15 is 0 Å². The van der Waals surface area contributed by atoms with Crippen molar-refractivity contribution in [2.45, 2.75) is 6.61 Å². The second-order valence-electron chi connectivity index (χ2n) is 6.44. The first kappa shape index (κ1) is 19.7. The number of anilines is 1. The maximum Gasteiger partial charge on any atom is 0.259 e. The number of nitrogens with zero attached hydrogens (tertiary/aromatic N) is 3.